The molecule has 0 spiro atoms. The van der Waals surface area contributed by atoms with E-state index in [9.17, 15) is 4.39 Å². The zero-order chi connectivity index (χ0) is 12.7. The van der Waals surface area contributed by atoms with E-state index in [1.54, 1.807) is 6.07 Å². The van der Waals surface area contributed by atoms with E-state index in [-0.39, 0.29) is 11.9 Å². The van der Waals surface area contributed by atoms with Crippen molar-refractivity contribution in [2.45, 2.75) is 26.3 Å². The third-order valence-corrected chi connectivity index (χ3v) is 2.88. The first kappa shape index (κ1) is 14.4. The van der Waals surface area contributed by atoms with Crippen LogP contribution in [-0.4, -0.2) is 19.8 Å². The van der Waals surface area contributed by atoms with Crippen LogP contribution in [0.25, 0.3) is 0 Å². The molecule has 1 rings (SSSR count). The van der Waals surface area contributed by atoms with Gasteiger partial charge < -0.3 is 10.1 Å². The van der Waals surface area contributed by atoms with Crippen LogP contribution in [0.4, 0.5) is 4.39 Å². The second-order valence-corrected chi connectivity index (χ2v) is 4.30. The van der Waals surface area contributed by atoms with Gasteiger partial charge in [0.15, 0.2) is 0 Å². The Bertz CT molecular complexity index is 346. The molecule has 0 saturated carbocycles. The van der Waals surface area contributed by atoms with Crippen molar-refractivity contribution in [3.63, 3.8) is 0 Å². The van der Waals surface area contributed by atoms with Crippen molar-refractivity contribution < 1.29 is 9.13 Å². The van der Waals surface area contributed by atoms with Gasteiger partial charge in [0, 0.05) is 24.3 Å². The average molecular weight is 260 g/mol. The van der Waals surface area contributed by atoms with Crippen molar-refractivity contribution in [1.82, 2.24) is 5.32 Å². The largest absolute Gasteiger partial charge is 0.382 e. The van der Waals surface area contributed by atoms with Crippen LogP contribution in [0.5, 0.6) is 0 Å². The first-order valence-corrected chi connectivity index (χ1v) is 6.29. The molecule has 0 aliphatic carbocycles. The third kappa shape index (κ3) is 5.02. The number of hydrogen-bond acceptors (Lipinski definition) is 2. The lowest BCUT2D eigenvalue weighted by molar-refractivity contribution is 0.144. The summed E-state index contributed by atoms with van der Waals surface area (Å²) in [6.45, 7) is 6.36. The Morgan fingerprint density at radius 2 is 2.24 bits per heavy atom. The van der Waals surface area contributed by atoms with Gasteiger partial charge in [-0.1, -0.05) is 17.7 Å². The molecular weight excluding hydrogens is 241 g/mol. The topological polar surface area (TPSA) is 21.3 Å². The maximum absolute atomic E-state index is 12.9. The summed E-state index contributed by atoms with van der Waals surface area (Å²) in [5.41, 5.74) is 0.921. The molecule has 4 heteroatoms. The van der Waals surface area contributed by atoms with E-state index in [2.05, 4.69) is 5.32 Å². The van der Waals surface area contributed by atoms with Crippen LogP contribution in [0.1, 0.15) is 31.9 Å². The monoisotopic (exact) mass is 259 g/mol. The SMILES string of the molecule is CCOCCCNC(C)c1ccc(F)cc1Cl. The lowest BCUT2D eigenvalue weighted by Gasteiger charge is -2.15. The second-order valence-electron chi connectivity index (χ2n) is 3.89. The lowest BCUT2D eigenvalue weighted by Crippen LogP contribution is -2.21. The zero-order valence-corrected chi connectivity index (χ0v) is 11.1. The zero-order valence-electron chi connectivity index (χ0n) is 10.3. The fourth-order valence-corrected chi connectivity index (χ4v) is 1.93. The van der Waals surface area contributed by atoms with Crippen LogP contribution in [0.2, 0.25) is 5.02 Å². The minimum atomic E-state index is -0.303. The van der Waals surface area contributed by atoms with Crippen LogP contribution < -0.4 is 5.32 Å². The van der Waals surface area contributed by atoms with Gasteiger partial charge >= 0.3 is 0 Å². The quantitative estimate of drug-likeness (QED) is 0.756. The van der Waals surface area contributed by atoms with Crippen LogP contribution in [0.3, 0.4) is 0 Å². The molecule has 96 valence electrons. The van der Waals surface area contributed by atoms with Gasteiger partial charge in [-0.05, 0) is 44.5 Å². The lowest BCUT2D eigenvalue weighted by atomic mass is 10.1. The summed E-state index contributed by atoms with van der Waals surface area (Å²) in [7, 11) is 0. The highest BCUT2D eigenvalue weighted by Crippen LogP contribution is 2.23. The number of rotatable bonds is 7. The molecule has 1 aromatic rings. The number of ether oxygens (including phenoxy) is 1. The smallest absolute Gasteiger partial charge is 0.124 e. The van der Waals surface area contributed by atoms with Gasteiger partial charge in [-0.2, -0.15) is 0 Å². The summed E-state index contributed by atoms with van der Waals surface area (Å²) >= 11 is 5.98. The molecule has 1 N–H and O–H groups in total. The highest BCUT2D eigenvalue weighted by Gasteiger charge is 2.09. The van der Waals surface area contributed by atoms with Crippen molar-refractivity contribution in [3.05, 3.63) is 34.6 Å². The Kier molecular flexibility index (Phi) is 6.48. The van der Waals surface area contributed by atoms with Crippen LogP contribution in [0, 0.1) is 5.82 Å². The predicted octanol–water partition coefficient (Wildman–Crippen LogP) is 3.56. The molecule has 0 aliphatic rings. The molecule has 0 amide bonds. The first-order valence-electron chi connectivity index (χ1n) is 5.91. The normalized spacial score (nSPS) is 12.7. The Morgan fingerprint density at radius 3 is 2.88 bits per heavy atom. The van der Waals surface area contributed by atoms with Gasteiger partial charge in [-0.3, -0.25) is 0 Å². The van der Waals surface area contributed by atoms with Crippen LogP contribution in [-0.2, 0) is 4.74 Å². The van der Waals surface area contributed by atoms with Crippen molar-refractivity contribution in [2.75, 3.05) is 19.8 Å². The van der Waals surface area contributed by atoms with Crippen LogP contribution >= 0.6 is 11.6 Å². The molecule has 0 heterocycles. The summed E-state index contributed by atoms with van der Waals surface area (Å²) in [5.74, 6) is -0.303. The van der Waals surface area contributed by atoms with Gasteiger partial charge in [-0.15, -0.1) is 0 Å². The maximum Gasteiger partial charge on any atom is 0.124 e. The number of nitrogens with one attached hydrogen (secondary N) is 1. The summed E-state index contributed by atoms with van der Waals surface area (Å²) < 4.78 is 18.1. The van der Waals surface area contributed by atoms with Crippen molar-refractivity contribution in [1.29, 1.82) is 0 Å². The van der Waals surface area contributed by atoms with Crippen LogP contribution in [0.15, 0.2) is 18.2 Å². The summed E-state index contributed by atoms with van der Waals surface area (Å²) in [6.07, 6.45) is 0.955. The van der Waals surface area contributed by atoms with E-state index in [1.165, 1.54) is 12.1 Å². The van der Waals surface area contributed by atoms with E-state index in [0.717, 1.165) is 31.7 Å². The molecule has 2 nitrogen and oxygen atoms in total. The molecular formula is C13H19ClFNO. The molecule has 1 unspecified atom stereocenters. The molecule has 0 saturated heterocycles. The maximum atomic E-state index is 12.9. The Balaban J connectivity index is 2.38. The number of hydrogen-bond donors (Lipinski definition) is 1. The second kappa shape index (κ2) is 7.64. The highest BCUT2D eigenvalue weighted by atomic mass is 35.5. The molecule has 0 aliphatic heterocycles. The molecule has 0 aromatic heterocycles. The summed E-state index contributed by atoms with van der Waals surface area (Å²) in [6, 6.07) is 4.61. The third-order valence-electron chi connectivity index (χ3n) is 2.55. The van der Waals surface area contributed by atoms with Gasteiger partial charge in [0.1, 0.15) is 5.82 Å². The molecule has 17 heavy (non-hydrogen) atoms. The minimum absolute atomic E-state index is 0.115. The van der Waals surface area contributed by atoms with E-state index in [0.29, 0.717) is 5.02 Å². The molecule has 0 radical (unpaired) electrons. The van der Waals surface area contributed by atoms with E-state index < -0.39 is 0 Å². The van der Waals surface area contributed by atoms with E-state index >= 15 is 0 Å². The van der Waals surface area contributed by atoms with Gasteiger partial charge in [0.2, 0.25) is 0 Å². The van der Waals surface area contributed by atoms with Gasteiger partial charge in [0.05, 0.1) is 0 Å². The molecule has 0 fully saturated rings. The van der Waals surface area contributed by atoms with Gasteiger partial charge in [0.25, 0.3) is 0 Å². The van der Waals surface area contributed by atoms with Crippen molar-refractivity contribution in [2.24, 2.45) is 0 Å². The Morgan fingerprint density at radius 1 is 1.47 bits per heavy atom. The predicted molar refractivity (Wildman–Crippen MR) is 68.9 cm³/mol. The fourth-order valence-electron chi connectivity index (χ4n) is 1.60. The number of halogens is 2. The molecule has 1 aromatic carbocycles. The first-order chi connectivity index (χ1) is 8.15. The minimum Gasteiger partial charge on any atom is -0.382 e. The van der Waals surface area contributed by atoms with Crippen molar-refractivity contribution >= 4 is 11.6 Å². The summed E-state index contributed by atoms with van der Waals surface area (Å²) in [4.78, 5) is 0. The Hall–Kier alpha value is -0.640. The summed E-state index contributed by atoms with van der Waals surface area (Å²) in [5, 5.41) is 3.80. The highest BCUT2D eigenvalue weighted by molar-refractivity contribution is 6.31. The van der Waals surface area contributed by atoms with Crippen molar-refractivity contribution in [3.8, 4) is 0 Å². The number of benzene rings is 1. The van der Waals surface area contributed by atoms with E-state index in [4.69, 9.17) is 16.3 Å². The van der Waals surface area contributed by atoms with E-state index in [1.807, 2.05) is 13.8 Å². The average Bonchev–Trinajstić information content (AvgIpc) is 2.28. The molecule has 1 atom stereocenters. The molecule has 0 bridgehead atoms. The standard InChI is InChI=1S/C13H19ClFNO/c1-3-17-8-4-7-16-10(2)12-6-5-11(15)9-13(12)14/h5-6,9-10,16H,3-4,7-8H2,1-2H3. The van der Waals surface area contributed by atoms with Gasteiger partial charge in [-0.25, -0.2) is 4.39 Å². The Labute approximate surface area is 107 Å². The fraction of sp³-hybridized carbons (Fsp3) is 0.538.